The average Bonchev–Trinajstić information content (AvgIpc) is 3.18. The van der Waals surface area contributed by atoms with Crippen LogP contribution in [0.15, 0.2) is 60.8 Å². The van der Waals surface area contributed by atoms with Gasteiger partial charge in [0.15, 0.2) is 0 Å². The first kappa shape index (κ1) is 52.1. The van der Waals surface area contributed by atoms with Crippen LogP contribution in [0.5, 0.6) is 0 Å². The molecule has 0 aliphatic carbocycles. The Morgan fingerprint density at radius 1 is 0.444 bits per heavy atom. The van der Waals surface area contributed by atoms with E-state index in [4.69, 9.17) is 0 Å². The van der Waals surface area contributed by atoms with Gasteiger partial charge in [-0.3, -0.25) is 4.79 Å². The van der Waals surface area contributed by atoms with Gasteiger partial charge in [-0.15, -0.1) is 0 Å². The first-order chi connectivity index (χ1) is 26.7. The lowest BCUT2D eigenvalue weighted by Gasteiger charge is -2.19. The average molecular weight is 754 g/mol. The van der Waals surface area contributed by atoms with Crippen molar-refractivity contribution in [3.8, 4) is 0 Å². The van der Waals surface area contributed by atoms with Crippen molar-refractivity contribution in [1.29, 1.82) is 0 Å². The molecule has 0 saturated carbocycles. The quantitative estimate of drug-likeness (QED) is 0.0429. The maximum absolute atomic E-state index is 12.4. The molecule has 0 radical (unpaired) electrons. The molecular weight excluding hydrogens is 663 g/mol. The lowest BCUT2D eigenvalue weighted by atomic mass is 10.1. The molecule has 4 heteroatoms. The van der Waals surface area contributed by atoms with Crippen LogP contribution in [0.2, 0.25) is 0 Å². The van der Waals surface area contributed by atoms with Crippen LogP contribution in [0.1, 0.15) is 232 Å². The summed E-state index contributed by atoms with van der Waals surface area (Å²) in [5, 5.41) is 23.0. The second kappa shape index (κ2) is 45.5. The molecule has 0 bridgehead atoms. The van der Waals surface area contributed by atoms with Gasteiger partial charge in [-0.05, 0) is 77.0 Å². The van der Waals surface area contributed by atoms with Crippen LogP contribution < -0.4 is 5.32 Å². The number of aliphatic hydroxyl groups is 2. The predicted molar refractivity (Wildman–Crippen MR) is 239 cm³/mol. The fraction of sp³-hybridized carbons (Fsp3) is 0.780. The highest BCUT2D eigenvalue weighted by Gasteiger charge is 2.17. The summed E-state index contributed by atoms with van der Waals surface area (Å²) in [5.41, 5.74) is 0. The summed E-state index contributed by atoms with van der Waals surface area (Å²) < 4.78 is 0. The fourth-order valence-corrected chi connectivity index (χ4v) is 6.83. The van der Waals surface area contributed by atoms with Crippen molar-refractivity contribution >= 4 is 5.91 Å². The number of nitrogens with one attached hydrogen (secondary N) is 1. The Labute approximate surface area is 336 Å². The van der Waals surface area contributed by atoms with Crippen LogP contribution in [0.4, 0.5) is 0 Å². The van der Waals surface area contributed by atoms with E-state index >= 15 is 0 Å². The van der Waals surface area contributed by atoms with Crippen LogP contribution in [-0.2, 0) is 4.79 Å². The molecule has 54 heavy (non-hydrogen) atoms. The largest absolute Gasteiger partial charge is 0.394 e. The van der Waals surface area contributed by atoms with Crippen LogP contribution in [0.25, 0.3) is 0 Å². The number of unbranched alkanes of at least 4 members (excludes halogenated alkanes) is 27. The molecule has 2 atom stereocenters. The lowest BCUT2D eigenvalue weighted by molar-refractivity contribution is -0.123. The van der Waals surface area contributed by atoms with Gasteiger partial charge in [0.25, 0.3) is 0 Å². The van der Waals surface area contributed by atoms with Crippen LogP contribution in [-0.4, -0.2) is 34.9 Å². The molecule has 0 aromatic carbocycles. The molecule has 0 heterocycles. The molecule has 0 aliphatic heterocycles. The van der Waals surface area contributed by atoms with E-state index in [9.17, 15) is 15.0 Å². The molecule has 4 nitrogen and oxygen atoms in total. The lowest BCUT2D eigenvalue weighted by Crippen LogP contribution is -2.45. The second-order valence-corrected chi connectivity index (χ2v) is 15.8. The number of hydrogen-bond donors (Lipinski definition) is 3. The van der Waals surface area contributed by atoms with Crippen molar-refractivity contribution in [2.45, 2.75) is 244 Å². The molecule has 3 N–H and O–H groups in total. The standard InChI is InChI=1S/C50H91NO3/c1-3-5-7-9-11-13-15-17-19-21-22-23-24-25-26-27-28-30-32-34-36-38-40-42-44-46-50(54)51-48(47-52)49(53)45-43-41-39-37-35-33-31-29-20-18-16-14-12-10-8-6-4-2/h20,22-23,25-26,29,35,37,43,45,48-49,52-53H,3-19,21,24,27-28,30-34,36,38-42,44,46-47H2,1-2H3,(H,51,54)/b23-22-,26-25-,29-20+,37-35+,45-43+. The van der Waals surface area contributed by atoms with E-state index < -0.39 is 12.1 Å². The Balaban J connectivity index is 3.62. The van der Waals surface area contributed by atoms with Crippen LogP contribution >= 0.6 is 0 Å². The zero-order valence-corrected chi connectivity index (χ0v) is 36.0. The van der Waals surface area contributed by atoms with E-state index in [1.165, 1.54) is 167 Å². The Morgan fingerprint density at radius 3 is 1.19 bits per heavy atom. The van der Waals surface area contributed by atoms with E-state index in [0.717, 1.165) is 44.9 Å². The molecule has 0 spiro atoms. The molecule has 0 saturated heterocycles. The first-order valence-corrected chi connectivity index (χ1v) is 23.5. The summed E-state index contributed by atoms with van der Waals surface area (Å²) in [6, 6.07) is -0.649. The predicted octanol–water partition coefficient (Wildman–Crippen LogP) is 14.9. The number of allylic oxidation sites excluding steroid dienone is 9. The minimum absolute atomic E-state index is 0.0833. The summed E-state index contributed by atoms with van der Waals surface area (Å²) in [4.78, 5) is 12.4. The smallest absolute Gasteiger partial charge is 0.220 e. The number of aliphatic hydroxyl groups excluding tert-OH is 2. The number of amides is 1. The monoisotopic (exact) mass is 754 g/mol. The van der Waals surface area contributed by atoms with Gasteiger partial charge in [-0.1, -0.05) is 209 Å². The second-order valence-electron chi connectivity index (χ2n) is 15.8. The maximum Gasteiger partial charge on any atom is 0.220 e. The first-order valence-electron chi connectivity index (χ1n) is 23.5. The molecule has 0 aromatic heterocycles. The summed E-state index contributed by atoms with van der Waals surface area (Å²) in [6.45, 7) is 4.29. The van der Waals surface area contributed by atoms with Crippen molar-refractivity contribution in [2.75, 3.05) is 6.61 Å². The Morgan fingerprint density at radius 2 is 0.778 bits per heavy atom. The fourth-order valence-electron chi connectivity index (χ4n) is 6.83. The van der Waals surface area contributed by atoms with Crippen molar-refractivity contribution < 1.29 is 15.0 Å². The van der Waals surface area contributed by atoms with Gasteiger partial charge in [-0.2, -0.15) is 0 Å². The zero-order chi connectivity index (χ0) is 39.3. The summed E-state index contributed by atoms with van der Waals surface area (Å²) >= 11 is 0. The van der Waals surface area contributed by atoms with Gasteiger partial charge in [0.2, 0.25) is 5.91 Å². The van der Waals surface area contributed by atoms with E-state index in [0.29, 0.717) is 6.42 Å². The normalized spacial score (nSPS) is 13.5. The zero-order valence-electron chi connectivity index (χ0n) is 36.0. The maximum atomic E-state index is 12.4. The van der Waals surface area contributed by atoms with Crippen molar-refractivity contribution in [3.63, 3.8) is 0 Å². The molecule has 0 aliphatic rings. The van der Waals surface area contributed by atoms with Crippen molar-refractivity contribution in [1.82, 2.24) is 5.32 Å². The number of carbonyl (C=O) groups excluding carboxylic acids is 1. The van der Waals surface area contributed by atoms with Crippen molar-refractivity contribution in [2.24, 2.45) is 0 Å². The summed E-state index contributed by atoms with van der Waals surface area (Å²) in [5.74, 6) is -0.0833. The third-order valence-electron chi connectivity index (χ3n) is 10.5. The van der Waals surface area contributed by atoms with Gasteiger partial charge in [0.05, 0.1) is 18.8 Å². The summed E-state index contributed by atoms with van der Waals surface area (Å²) in [7, 11) is 0. The van der Waals surface area contributed by atoms with Crippen molar-refractivity contribution in [3.05, 3.63) is 60.8 Å². The Bertz CT molecular complexity index is 904. The highest BCUT2D eigenvalue weighted by atomic mass is 16.3. The number of rotatable bonds is 42. The van der Waals surface area contributed by atoms with Gasteiger partial charge in [0, 0.05) is 6.42 Å². The highest BCUT2D eigenvalue weighted by molar-refractivity contribution is 5.76. The minimum atomic E-state index is -0.873. The van der Waals surface area contributed by atoms with Gasteiger partial charge >= 0.3 is 0 Å². The van der Waals surface area contributed by atoms with Gasteiger partial charge in [0.1, 0.15) is 0 Å². The minimum Gasteiger partial charge on any atom is -0.394 e. The molecule has 0 rings (SSSR count). The van der Waals surface area contributed by atoms with E-state index in [1.54, 1.807) is 6.08 Å². The molecule has 1 amide bonds. The third kappa shape index (κ3) is 41.3. The number of carbonyl (C=O) groups is 1. The van der Waals surface area contributed by atoms with Crippen LogP contribution in [0, 0.1) is 0 Å². The summed E-state index contributed by atoms with van der Waals surface area (Å²) in [6.07, 6.45) is 63.4. The molecule has 314 valence electrons. The topological polar surface area (TPSA) is 69.6 Å². The SMILES string of the molecule is CCCCCCCCC/C=C/CC/C=C/CC/C=C/C(O)C(CO)NC(=O)CCCCCCCCCCC/C=C\C/C=C\CCCCCCCCCCC. The highest BCUT2D eigenvalue weighted by Crippen LogP contribution is 2.14. The van der Waals surface area contributed by atoms with Gasteiger partial charge < -0.3 is 15.5 Å². The molecule has 2 unspecified atom stereocenters. The molecular formula is C50H91NO3. The van der Waals surface area contributed by atoms with Gasteiger partial charge in [-0.25, -0.2) is 0 Å². The number of hydrogen-bond acceptors (Lipinski definition) is 3. The Kier molecular flexibility index (Phi) is 43.9. The van der Waals surface area contributed by atoms with Crippen LogP contribution in [0.3, 0.4) is 0 Å². The Hall–Kier alpha value is -1.91. The van der Waals surface area contributed by atoms with E-state index in [-0.39, 0.29) is 12.5 Å². The van der Waals surface area contributed by atoms with E-state index in [2.05, 4.69) is 67.8 Å². The molecule has 0 aromatic rings. The van der Waals surface area contributed by atoms with E-state index in [1.807, 2.05) is 6.08 Å². The third-order valence-corrected chi connectivity index (χ3v) is 10.5. The molecule has 0 fully saturated rings.